The molecule has 1 aliphatic heterocycles. The monoisotopic (exact) mass is 217 g/mol. The fraction of sp³-hybridized carbons (Fsp3) is 0.556. The minimum Gasteiger partial charge on any atom is -0.312 e. The van der Waals surface area contributed by atoms with E-state index < -0.39 is 11.9 Å². The van der Waals surface area contributed by atoms with Crippen LogP contribution in [0.15, 0.2) is 0 Å². The molecule has 1 aromatic rings. The molecule has 0 aliphatic carbocycles. The van der Waals surface area contributed by atoms with Gasteiger partial charge in [-0.05, 0) is 6.92 Å². The molecule has 0 saturated heterocycles. The lowest BCUT2D eigenvalue weighted by molar-refractivity contribution is -0.142. The van der Waals surface area contributed by atoms with Crippen LogP contribution in [0.2, 0.25) is 0 Å². The lowest BCUT2D eigenvalue weighted by Gasteiger charge is -2.20. The Balaban J connectivity index is 2.58. The zero-order chi connectivity index (χ0) is 11.1. The van der Waals surface area contributed by atoms with E-state index in [1.807, 2.05) is 0 Å². The Morgan fingerprint density at radius 2 is 2.00 bits per heavy atom. The minimum absolute atomic E-state index is 0.183. The van der Waals surface area contributed by atoms with Crippen LogP contribution in [0.1, 0.15) is 22.8 Å². The SMILES string of the molecule is Cc1nc2c(c(C(F)(F)F)n1)CNCC2. The highest BCUT2D eigenvalue weighted by Gasteiger charge is 2.37. The van der Waals surface area contributed by atoms with E-state index >= 15 is 0 Å². The molecule has 0 unspecified atom stereocenters. The molecule has 3 nitrogen and oxygen atoms in total. The smallest absolute Gasteiger partial charge is 0.312 e. The minimum atomic E-state index is -4.39. The summed E-state index contributed by atoms with van der Waals surface area (Å²) in [4.78, 5) is 7.52. The van der Waals surface area contributed by atoms with Crippen molar-refractivity contribution in [1.29, 1.82) is 0 Å². The Labute approximate surface area is 84.7 Å². The van der Waals surface area contributed by atoms with Gasteiger partial charge < -0.3 is 5.32 Å². The Bertz CT molecular complexity index is 387. The van der Waals surface area contributed by atoms with Gasteiger partial charge in [-0.25, -0.2) is 9.97 Å². The number of hydrogen-bond donors (Lipinski definition) is 1. The Morgan fingerprint density at radius 3 is 2.67 bits per heavy atom. The maximum Gasteiger partial charge on any atom is 0.433 e. The first-order chi connectivity index (χ1) is 6.98. The molecule has 6 heteroatoms. The number of aromatic nitrogens is 2. The molecule has 0 spiro atoms. The molecular formula is C9H10F3N3. The van der Waals surface area contributed by atoms with E-state index in [-0.39, 0.29) is 17.9 Å². The van der Waals surface area contributed by atoms with Crippen molar-refractivity contribution in [3.63, 3.8) is 0 Å². The molecule has 0 bridgehead atoms. The van der Waals surface area contributed by atoms with Gasteiger partial charge in [0.2, 0.25) is 0 Å². The van der Waals surface area contributed by atoms with Crippen molar-refractivity contribution in [2.75, 3.05) is 6.54 Å². The average molecular weight is 217 g/mol. The quantitative estimate of drug-likeness (QED) is 0.714. The largest absolute Gasteiger partial charge is 0.433 e. The molecule has 0 atom stereocenters. The van der Waals surface area contributed by atoms with Crippen molar-refractivity contribution in [2.24, 2.45) is 0 Å². The van der Waals surface area contributed by atoms with E-state index in [4.69, 9.17) is 0 Å². The van der Waals surface area contributed by atoms with Gasteiger partial charge in [0.15, 0.2) is 5.69 Å². The van der Waals surface area contributed by atoms with Crippen LogP contribution in [0.25, 0.3) is 0 Å². The Kier molecular flexibility index (Phi) is 2.38. The van der Waals surface area contributed by atoms with Gasteiger partial charge in [0.05, 0.1) is 5.69 Å². The van der Waals surface area contributed by atoms with Gasteiger partial charge in [-0.3, -0.25) is 0 Å². The van der Waals surface area contributed by atoms with Gasteiger partial charge in [0.25, 0.3) is 0 Å². The van der Waals surface area contributed by atoms with Crippen LogP contribution in [0.3, 0.4) is 0 Å². The van der Waals surface area contributed by atoms with Crippen LogP contribution in [-0.2, 0) is 19.1 Å². The molecule has 15 heavy (non-hydrogen) atoms. The van der Waals surface area contributed by atoms with Crippen molar-refractivity contribution < 1.29 is 13.2 Å². The fourth-order valence-electron chi connectivity index (χ4n) is 1.70. The molecule has 2 rings (SSSR count). The van der Waals surface area contributed by atoms with Crippen LogP contribution < -0.4 is 5.32 Å². The van der Waals surface area contributed by atoms with Crippen LogP contribution in [0, 0.1) is 6.92 Å². The fourth-order valence-corrected chi connectivity index (χ4v) is 1.70. The van der Waals surface area contributed by atoms with E-state index in [1.54, 1.807) is 0 Å². The molecule has 0 radical (unpaired) electrons. The van der Waals surface area contributed by atoms with Crippen molar-refractivity contribution in [2.45, 2.75) is 26.1 Å². The summed E-state index contributed by atoms with van der Waals surface area (Å²) in [7, 11) is 0. The van der Waals surface area contributed by atoms with Crippen molar-refractivity contribution in [3.05, 3.63) is 22.8 Å². The van der Waals surface area contributed by atoms with E-state index in [0.29, 0.717) is 18.7 Å². The Hall–Kier alpha value is -1.17. The normalized spacial score (nSPS) is 16.3. The molecule has 1 aromatic heterocycles. The highest BCUT2D eigenvalue weighted by molar-refractivity contribution is 5.30. The van der Waals surface area contributed by atoms with Crippen LogP contribution in [0.5, 0.6) is 0 Å². The number of fused-ring (bicyclic) bond motifs is 1. The van der Waals surface area contributed by atoms with E-state index in [0.717, 1.165) is 0 Å². The standard InChI is InChI=1S/C9H10F3N3/c1-5-14-7-2-3-13-4-6(7)8(15-5)9(10,11)12/h13H,2-4H2,1H3. The maximum absolute atomic E-state index is 12.6. The molecule has 1 aliphatic rings. The zero-order valence-electron chi connectivity index (χ0n) is 8.15. The summed E-state index contributed by atoms with van der Waals surface area (Å²) in [6, 6.07) is 0. The second-order valence-electron chi connectivity index (χ2n) is 3.47. The summed E-state index contributed by atoms with van der Waals surface area (Å²) in [6.07, 6.45) is -3.86. The van der Waals surface area contributed by atoms with Gasteiger partial charge in [-0.1, -0.05) is 0 Å². The first-order valence-corrected chi connectivity index (χ1v) is 4.63. The predicted octanol–water partition coefficient (Wildman–Crippen LogP) is 1.45. The zero-order valence-corrected chi connectivity index (χ0v) is 8.15. The molecule has 0 amide bonds. The third-order valence-corrected chi connectivity index (χ3v) is 2.31. The first-order valence-electron chi connectivity index (χ1n) is 4.63. The molecule has 0 saturated carbocycles. The summed E-state index contributed by atoms with van der Waals surface area (Å²) < 4.78 is 37.9. The number of hydrogen-bond acceptors (Lipinski definition) is 3. The second-order valence-corrected chi connectivity index (χ2v) is 3.47. The molecule has 0 aromatic carbocycles. The van der Waals surface area contributed by atoms with Gasteiger partial charge in [0.1, 0.15) is 5.82 Å². The lowest BCUT2D eigenvalue weighted by Crippen LogP contribution is -2.29. The molecule has 0 fully saturated rings. The highest BCUT2D eigenvalue weighted by Crippen LogP contribution is 2.32. The van der Waals surface area contributed by atoms with Crippen LogP contribution >= 0.6 is 0 Å². The number of aryl methyl sites for hydroxylation is 1. The number of nitrogens with zero attached hydrogens (tertiary/aromatic N) is 2. The predicted molar refractivity (Wildman–Crippen MR) is 47.2 cm³/mol. The third-order valence-electron chi connectivity index (χ3n) is 2.31. The Morgan fingerprint density at radius 1 is 1.27 bits per heavy atom. The third kappa shape index (κ3) is 1.94. The topological polar surface area (TPSA) is 37.8 Å². The number of halogens is 3. The van der Waals surface area contributed by atoms with Crippen molar-refractivity contribution in [1.82, 2.24) is 15.3 Å². The van der Waals surface area contributed by atoms with Crippen LogP contribution in [-0.4, -0.2) is 16.5 Å². The molecule has 2 heterocycles. The maximum atomic E-state index is 12.6. The van der Waals surface area contributed by atoms with E-state index in [2.05, 4.69) is 15.3 Å². The van der Waals surface area contributed by atoms with Gasteiger partial charge in [-0.15, -0.1) is 0 Å². The average Bonchev–Trinajstić information content (AvgIpc) is 2.15. The summed E-state index contributed by atoms with van der Waals surface area (Å²) in [5.41, 5.74) is -0.0786. The summed E-state index contributed by atoms with van der Waals surface area (Å²) in [5.74, 6) is 0.183. The lowest BCUT2D eigenvalue weighted by atomic mass is 10.0. The first kappa shape index (κ1) is 10.4. The summed E-state index contributed by atoms with van der Waals surface area (Å²) in [6.45, 7) is 2.35. The second kappa shape index (κ2) is 3.44. The van der Waals surface area contributed by atoms with Gasteiger partial charge in [0, 0.05) is 25.1 Å². The molecular weight excluding hydrogens is 207 g/mol. The van der Waals surface area contributed by atoms with Gasteiger partial charge >= 0.3 is 6.18 Å². The highest BCUT2D eigenvalue weighted by atomic mass is 19.4. The summed E-state index contributed by atoms with van der Waals surface area (Å²) >= 11 is 0. The van der Waals surface area contributed by atoms with E-state index in [1.165, 1.54) is 6.92 Å². The molecule has 82 valence electrons. The van der Waals surface area contributed by atoms with Gasteiger partial charge in [-0.2, -0.15) is 13.2 Å². The van der Waals surface area contributed by atoms with Crippen LogP contribution in [0.4, 0.5) is 13.2 Å². The molecule has 1 N–H and O–H groups in total. The number of rotatable bonds is 0. The summed E-state index contributed by atoms with van der Waals surface area (Å²) in [5, 5.41) is 2.89. The van der Waals surface area contributed by atoms with Crippen molar-refractivity contribution in [3.8, 4) is 0 Å². The van der Waals surface area contributed by atoms with E-state index in [9.17, 15) is 13.2 Å². The number of nitrogens with one attached hydrogen (secondary N) is 1. The number of alkyl halides is 3. The van der Waals surface area contributed by atoms with Crippen molar-refractivity contribution >= 4 is 0 Å².